The molecule has 3 rings (SSSR count). The highest BCUT2D eigenvalue weighted by molar-refractivity contribution is 5.48. The average molecular weight is 292 g/mol. The minimum atomic E-state index is -2.89. The van der Waals surface area contributed by atoms with Crippen molar-refractivity contribution in [3.63, 3.8) is 0 Å². The van der Waals surface area contributed by atoms with Gasteiger partial charge in [-0.3, -0.25) is 0 Å². The molecule has 2 aromatic carbocycles. The van der Waals surface area contributed by atoms with Crippen LogP contribution in [0.2, 0.25) is 0 Å². The van der Waals surface area contributed by atoms with E-state index in [9.17, 15) is 13.9 Å². The third-order valence-corrected chi connectivity index (χ3v) is 3.44. The first-order valence-corrected chi connectivity index (χ1v) is 6.62. The van der Waals surface area contributed by atoms with Crippen molar-refractivity contribution >= 4 is 0 Å². The number of ether oxygens (including phenoxy) is 2. The van der Waals surface area contributed by atoms with Gasteiger partial charge in [0, 0.05) is 12.0 Å². The van der Waals surface area contributed by atoms with Gasteiger partial charge in [-0.1, -0.05) is 30.3 Å². The zero-order valence-corrected chi connectivity index (χ0v) is 11.1. The summed E-state index contributed by atoms with van der Waals surface area (Å²) in [5, 5.41) is 10.5. The SMILES string of the molecule is OC(c1cccc(OC(F)F)c1)c1cccc2c1OCC2. The van der Waals surface area contributed by atoms with Crippen LogP contribution in [0.4, 0.5) is 8.78 Å². The fraction of sp³-hybridized carbons (Fsp3) is 0.250. The number of rotatable bonds is 4. The second-order valence-electron chi connectivity index (χ2n) is 4.79. The Morgan fingerprint density at radius 2 is 1.95 bits per heavy atom. The third-order valence-electron chi connectivity index (χ3n) is 3.44. The molecule has 0 spiro atoms. The van der Waals surface area contributed by atoms with Crippen LogP contribution in [0, 0.1) is 0 Å². The molecule has 110 valence electrons. The Bertz CT molecular complexity index is 643. The number of para-hydroxylation sites is 1. The fourth-order valence-corrected chi connectivity index (χ4v) is 2.50. The second kappa shape index (κ2) is 5.69. The molecule has 3 nitrogen and oxygen atoms in total. The van der Waals surface area contributed by atoms with Crippen LogP contribution in [0.1, 0.15) is 22.8 Å². The number of aliphatic hydroxyl groups excluding tert-OH is 1. The van der Waals surface area contributed by atoms with Gasteiger partial charge < -0.3 is 14.6 Å². The Morgan fingerprint density at radius 1 is 1.14 bits per heavy atom. The Labute approximate surface area is 120 Å². The van der Waals surface area contributed by atoms with Gasteiger partial charge in [-0.25, -0.2) is 0 Å². The summed E-state index contributed by atoms with van der Waals surface area (Å²) in [6.07, 6.45) is -0.135. The van der Waals surface area contributed by atoms with Crippen LogP contribution in [0.3, 0.4) is 0 Å². The number of halogens is 2. The Morgan fingerprint density at radius 3 is 2.76 bits per heavy atom. The van der Waals surface area contributed by atoms with Crippen LogP contribution in [0.15, 0.2) is 42.5 Å². The molecule has 0 saturated heterocycles. The molecule has 0 radical (unpaired) electrons. The molecule has 0 aliphatic carbocycles. The largest absolute Gasteiger partial charge is 0.493 e. The summed E-state index contributed by atoms with van der Waals surface area (Å²) in [5.74, 6) is 0.709. The molecule has 2 aromatic rings. The maximum atomic E-state index is 12.3. The van der Waals surface area contributed by atoms with Crippen LogP contribution in [-0.2, 0) is 6.42 Å². The van der Waals surface area contributed by atoms with E-state index in [1.807, 2.05) is 12.1 Å². The summed E-state index contributed by atoms with van der Waals surface area (Å²) in [6.45, 7) is -2.30. The molecule has 5 heteroatoms. The third kappa shape index (κ3) is 2.83. The van der Waals surface area contributed by atoms with Crippen LogP contribution >= 0.6 is 0 Å². The lowest BCUT2D eigenvalue weighted by Crippen LogP contribution is -2.05. The maximum Gasteiger partial charge on any atom is 0.387 e. The highest BCUT2D eigenvalue weighted by Crippen LogP contribution is 2.36. The van der Waals surface area contributed by atoms with Gasteiger partial charge in [-0.15, -0.1) is 0 Å². The van der Waals surface area contributed by atoms with Gasteiger partial charge in [-0.2, -0.15) is 8.78 Å². The van der Waals surface area contributed by atoms with Crippen molar-refractivity contribution in [2.45, 2.75) is 19.1 Å². The molecule has 1 aliphatic heterocycles. The van der Waals surface area contributed by atoms with Crippen molar-refractivity contribution < 1.29 is 23.4 Å². The number of benzene rings is 2. The summed E-state index contributed by atoms with van der Waals surface area (Å²) < 4.78 is 34.4. The molecular formula is C16H14F2O3. The topological polar surface area (TPSA) is 38.7 Å². The molecule has 1 N–H and O–H groups in total. The van der Waals surface area contributed by atoms with Gasteiger partial charge in [0.05, 0.1) is 6.61 Å². The predicted octanol–water partition coefficient (Wildman–Crippen LogP) is 3.30. The molecule has 1 heterocycles. The number of fused-ring (bicyclic) bond motifs is 1. The lowest BCUT2D eigenvalue weighted by atomic mass is 9.98. The van der Waals surface area contributed by atoms with Gasteiger partial charge >= 0.3 is 6.61 Å². The van der Waals surface area contributed by atoms with Crippen molar-refractivity contribution in [1.82, 2.24) is 0 Å². The first kappa shape index (κ1) is 13.8. The van der Waals surface area contributed by atoms with Gasteiger partial charge in [0.25, 0.3) is 0 Å². The first-order chi connectivity index (χ1) is 10.1. The van der Waals surface area contributed by atoms with Crippen molar-refractivity contribution in [1.29, 1.82) is 0 Å². The quantitative estimate of drug-likeness (QED) is 0.939. The van der Waals surface area contributed by atoms with E-state index in [0.29, 0.717) is 23.5 Å². The van der Waals surface area contributed by atoms with Crippen molar-refractivity contribution in [2.75, 3.05) is 6.61 Å². The van der Waals surface area contributed by atoms with Crippen LogP contribution in [0.5, 0.6) is 11.5 Å². The van der Waals surface area contributed by atoms with E-state index in [1.165, 1.54) is 12.1 Å². The Balaban J connectivity index is 1.92. The normalized spacial score (nSPS) is 14.7. The van der Waals surface area contributed by atoms with Crippen molar-refractivity contribution in [3.05, 3.63) is 59.2 Å². The molecule has 0 aromatic heterocycles. The van der Waals surface area contributed by atoms with Crippen LogP contribution < -0.4 is 9.47 Å². The molecule has 1 aliphatic rings. The highest BCUT2D eigenvalue weighted by atomic mass is 19.3. The summed E-state index contributed by atoms with van der Waals surface area (Å²) in [6, 6.07) is 11.6. The smallest absolute Gasteiger partial charge is 0.387 e. The lowest BCUT2D eigenvalue weighted by molar-refractivity contribution is -0.0499. The summed E-state index contributed by atoms with van der Waals surface area (Å²) >= 11 is 0. The van der Waals surface area contributed by atoms with E-state index in [2.05, 4.69) is 4.74 Å². The monoisotopic (exact) mass is 292 g/mol. The molecule has 0 bridgehead atoms. The van der Waals surface area contributed by atoms with E-state index in [1.54, 1.807) is 18.2 Å². The average Bonchev–Trinajstić information content (AvgIpc) is 2.94. The van der Waals surface area contributed by atoms with Gasteiger partial charge in [-0.05, 0) is 23.3 Å². The molecule has 21 heavy (non-hydrogen) atoms. The number of aliphatic hydroxyl groups is 1. The Kier molecular flexibility index (Phi) is 3.75. The van der Waals surface area contributed by atoms with Crippen molar-refractivity contribution in [2.24, 2.45) is 0 Å². The minimum Gasteiger partial charge on any atom is -0.493 e. The number of hydrogen-bond acceptors (Lipinski definition) is 3. The predicted molar refractivity (Wildman–Crippen MR) is 72.8 cm³/mol. The summed E-state index contributed by atoms with van der Waals surface area (Å²) in [4.78, 5) is 0. The highest BCUT2D eigenvalue weighted by Gasteiger charge is 2.22. The fourth-order valence-electron chi connectivity index (χ4n) is 2.50. The molecule has 0 fully saturated rings. The zero-order valence-electron chi connectivity index (χ0n) is 11.1. The van der Waals surface area contributed by atoms with E-state index in [0.717, 1.165) is 12.0 Å². The molecule has 1 atom stereocenters. The van der Waals surface area contributed by atoms with E-state index < -0.39 is 12.7 Å². The standard InChI is InChI=1S/C16H14F2O3/c17-16(18)21-12-5-1-4-11(9-12)14(19)13-6-2-3-10-7-8-20-15(10)13/h1-6,9,14,16,19H,7-8H2. The van der Waals surface area contributed by atoms with Crippen LogP contribution in [-0.4, -0.2) is 18.3 Å². The molecule has 1 unspecified atom stereocenters. The van der Waals surface area contributed by atoms with E-state index in [-0.39, 0.29) is 5.75 Å². The van der Waals surface area contributed by atoms with Crippen LogP contribution in [0.25, 0.3) is 0 Å². The minimum absolute atomic E-state index is 0.0232. The van der Waals surface area contributed by atoms with Gasteiger partial charge in [0.2, 0.25) is 0 Å². The lowest BCUT2D eigenvalue weighted by Gasteiger charge is -2.16. The van der Waals surface area contributed by atoms with E-state index >= 15 is 0 Å². The van der Waals surface area contributed by atoms with E-state index in [4.69, 9.17) is 4.74 Å². The summed E-state index contributed by atoms with van der Waals surface area (Å²) in [7, 11) is 0. The first-order valence-electron chi connectivity index (χ1n) is 6.62. The molecular weight excluding hydrogens is 278 g/mol. The number of alkyl halides is 2. The van der Waals surface area contributed by atoms with Gasteiger partial charge in [0.15, 0.2) is 0 Å². The number of hydrogen-bond donors (Lipinski definition) is 1. The zero-order chi connectivity index (χ0) is 14.8. The van der Waals surface area contributed by atoms with Gasteiger partial charge in [0.1, 0.15) is 17.6 Å². The van der Waals surface area contributed by atoms with Crippen molar-refractivity contribution in [3.8, 4) is 11.5 Å². The summed E-state index contributed by atoms with van der Waals surface area (Å²) in [5.41, 5.74) is 2.17. The maximum absolute atomic E-state index is 12.3. The Hall–Kier alpha value is -2.14. The second-order valence-corrected chi connectivity index (χ2v) is 4.79. The molecule has 0 amide bonds. The molecule has 0 saturated carbocycles.